The average Bonchev–Trinajstić information content (AvgIpc) is 2.61. The van der Waals surface area contributed by atoms with E-state index in [1.165, 1.54) is 19.3 Å². The Morgan fingerprint density at radius 1 is 0.765 bits per heavy atom. The highest BCUT2D eigenvalue weighted by atomic mass is 17.2. The fraction of sp³-hybridized carbons (Fsp3) is 0.964. The third-order valence-corrected chi connectivity index (χ3v) is 7.05. The van der Waals surface area contributed by atoms with Crippen molar-refractivity contribution in [1.29, 1.82) is 0 Å². The van der Waals surface area contributed by atoms with Crippen molar-refractivity contribution in [2.75, 3.05) is 6.61 Å². The molecule has 2 fully saturated rings. The lowest BCUT2D eigenvalue weighted by atomic mass is 9.81. The van der Waals surface area contributed by atoms with Gasteiger partial charge in [-0.1, -0.05) is 39.0 Å². The van der Waals surface area contributed by atoms with Gasteiger partial charge < -0.3 is 15.4 Å². The Morgan fingerprint density at radius 2 is 1.24 bits per heavy atom. The van der Waals surface area contributed by atoms with Gasteiger partial charge in [0.15, 0.2) is 0 Å². The summed E-state index contributed by atoms with van der Waals surface area (Å²) >= 11 is 0. The van der Waals surface area contributed by atoms with Gasteiger partial charge in [0.1, 0.15) is 6.10 Å². The van der Waals surface area contributed by atoms with Crippen molar-refractivity contribution in [2.45, 2.75) is 161 Å². The average molecular weight is 483 g/mol. The van der Waals surface area contributed by atoms with Crippen LogP contribution in [-0.2, 0) is 19.3 Å². The van der Waals surface area contributed by atoms with Crippen LogP contribution in [0.3, 0.4) is 0 Å². The Hall–Kier alpha value is -0.690. The number of piperidine rings is 2. The summed E-state index contributed by atoms with van der Waals surface area (Å²) in [6.45, 7) is 20.0. The highest BCUT2D eigenvalue weighted by Gasteiger charge is 2.41. The van der Waals surface area contributed by atoms with Crippen LogP contribution in [0.25, 0.3) is 0 Å². The van der Waals surface area contributed by atoms with Crippen molar-refractivity contribution in [3.05, 3.63) is 0 Å². The van der Waals surface area contributed by atoms with Gasteiger partial charge in [0.2, 0.25) is 0 Å². The van der Waals surface area contributed by atoms with Gasteiger partial charge in [-0.05, 0) is 74.7 Å². The maximum Gasteiger partial charge on any atom is 0.311 e. The van der Waals surface area contributed by atoms with Crippen molar-refractivity contribution in [1.82, 2.24) is 10.6 Å². The lowest BCUT2D eigenvalue weighted by Gasteiger charge is -2.46. The van der Waals surface area contributed by atoms with Crippen LogP contribution in [0.5, 0.6) is 0 Å². The molecule has 6 nitrogen and oxygen atoms in total. The number of hydrogen-bond acceptors (Lipinski definition) is 6. The molecule has 2 rings (SSSR count). The van der Waals surface area contributed by atoms with Crippen LogP contribution in [0.15, 0.2) is 0 Å². The smallest absolute Gasteiger partial charge is 0.311 e. The van der Waals surface area contributed by atoms with Gasteiger partial charge in [0.05, 0.1) is 18.6 Å². The minimum absolute atomic E-state index is 0.0119. The molecule has 0 aromatic carbocycles. The SMILES string of the molecule is CCCCCCCC(COOC1CC(C)(C)NC(C)(C)C1)C(=O)OC1CC(C)(C)NC(C)(C)C1. The third-order valence-electron chi connectivity index (χ3n) is 7.05. The van der Waals surface area contributed by atoms with Crippen LogP contribution in [0.1, 0.15) is 127 Å². The highest BCUT2D eigenvalue weighted by Crippen LogP contribution is 2.32. The molecule has 2 saturated heterocycles. The van der Waals surface area contributed by atoms with E-state index in [4.69, 9.17) is 14.5 Å². The van der Waals surface area contributed by atoms with Crippen molar-refractivity contribution in [3.63, 3.8) is 0 Å². The highest BCUT2D eigenvalue weighted by molar-refractivity contribution is 5.72. The Morgan fingerprint density at radius 3 is 1.74 bits per heavy atom. The lowest BCUT2D eigenvalue weighted by Crippen LogP contribution is -2.60. The summed E-state index contributed by atoms with van der Waals surface area (Å²) in [5.74, 6) is -0.422. The van der Waals surface area contributed by atoms with Gasteiger partial charge in [0, 0.05) is 35.0 Å². The standard InChI is InChI=1S/C28H54N2O4/c1-10-11-12-13-14-15-21(20-32-34-23-18-27(6,7)30-28(8,9)19-23)24(31)33-22-16-25(2,3)29-26(4,5)17-22/h21-23,29-30H,10-20H2,1-9H3. The molecule has 0 saturated carbocycles. The molecule has 0 spiro atoms. The molecule has 0 amide bonds. The van der Waals surface area contributed by atoms with E-state index in [1.54, 1.807) is 0 Å². The summed E-state index contributed by atoms with van der Waals surface area (Å²) in [5.41, 5.74) is -0.142. The van der Waals surface area contributed by atoms with Crippen LogP contribution >= 0.6 is 0 Å². The fourth-order valence-electron chi connectivity index (χ4n) is 6.35. The van der Waals surface area contributed by atoms with Crippen LogP contribution < -0.4 is 10.6 Å². The predicted octanol–water partition coefficient (Wildman–Crippen LogP) is 6.07. The molecule has 0 aliphatic carbocycles. The Labute approximate surface area is 209 Å². The molecule has 34 heavy (non-hydrogen) atoms. The van der Waals surface area contributed by atoms with Gasteiger partial charge in [-0.25, -0.2) is 9.78 Å². The summed E-state index contributed by atoms with van der Waals surface area (Å²) < 4.78 is 6.09. The third kappa shape index (κ3) is 10.5. The number of carbonyl (C=O) groups is 1. The quantitative estimate of drug-likeness (QED) is 0.152. The molecular weight excluding hydrogens is 428 g/mol. The van der Waals surface area contributed by atoms with Crippen LogP contribution in [-0.4, -0.2) is 46.9 Å². The van der Waals surface area contributed by atoms with E-state index in [-0.39, 0.29) is 52.9 Å². The number of carbonyl (C=O) groups excluding carboxylic acids is 1. The van der Waals surface area contributed by atoms with E-state index in [1.807, 2.05) is 0 Å². The zero-order chi connectivity index (χ0) is 25.6. The molecule has 2 aliphatic rings. The summed E-state index contributed by atoms with van der Waals surface area (Å²) in [7, 11) is 0. The maximum atomic E-state index is 13.3. The van der Waals surface area contributed by atoms with Crippen molar-refractivity contribution in [2.24, 2.45) is 5.92 Å². The number of esters is 1. The van der Waals surface area contributed by atoms with E-state index < -0.39 is 0 Å². The minimum atomic E-state index is -0.287. The van der Waals surface area contributed by atoms with Gasteiger partial charge in [0.25, 0.3) is 0 Å². The zero-order valence-electron chi connectivity index (χ0n) is 23.6. The van der Waals surface area contributed by atoms with E-state index in [0.29, 0.717) is 0 Å². The number of nitrogens with one attached hydrogen (secondary N) is 2. The lowest BCUT2D eigenvalue weighted by molar-refractivity contribution is -0.339. The molecule has 2 N–H and O–H groups in total. The van der Waals surface area contributed by atoms with Gasteiger partial charge >= 0.3 is 5.97 Å². The first-order chi connectivity index (χ1) is 15.6. The van der Waals surface area contributed by atoms with E-state index in [2.05, 4.69) is 72.9 Å². The van der Waals surface area contributed by atoms with Crippen LogP contribution in [0, 0.1) is 5.92 Å². The molecular formula is C28H54N2O4. The molecule has 1 unspecified atom stereocenters. The first kappa shape index (κ1) is 29.5. The van der Waals surface area contributed by atoms with Gasteiger partial charge in [-0.2, -0.15) is 0 Å². The monoisotopic (exact) mass is 482 g/mol. The van der Waals surface area contributed by atoms with E-state index in [0.717, 1.165) is 44.9 Å². The van der Waals surface area contributed by atoms with E-state index in [9.17, 15) is 4.79 Å². The molecule has 1 atom stereocenters. The fourth-order valence-corrected chi connectivity index (χ4v) is 6.35. The zero-order valence-corrected chi connectivity index (χ0v) is 23.6. The predicted molar refractivity (Wildman–Crippen MR) is 139 cm³/mol. The van der Waals surface area contributed by atoms with Gasteiger partial charge in [-0.15, -0.1) is 0 Å². The molecule has 0 bridgehead atoms. The maximum absolute atomic E-state index is 13.3. The normalized spacial score (nSPS) is 25.1. The van der Waals surface area contributed by atoms with Crippen LogP contribution in [0.4, 0.5) is 0 Å². The molecule has 2 aliphatic heterocycles. The van der Waals surface area contributed by atoms with Crippen molar-refractivity contribution >= 4 is 5.97 Å². The Kier molecular flexibility index (Phi) is 10.5. The summed E-state index contributed by atoms with van der Waals surface area (Å²) in [6.07, 6.45) is 9.95. The Bertz CT molecular complexity index is 612. The second kappa shape index (κ2) is 12.0. The molecule has 0 radical (unpaired) electrons. The molecule has 200 valence electrons. The molecule has 0 aromatic heterocycles. The minimum Gasteiger partial charge on any atom is -0.462 e. The summed E-state index contributed by atoms with van der Waals surface area (Å²) in [5, 5.41) is 7.33. The second-order valence-corrected chi connectivity index (χ2v) is 13.6. The first-order valence-corrected chi connectivity index (χ1v) is 13.7. The number of rotatable bonds is 12. The Balaban J connectivity index is 1.93. The topological polar surface area (TPSA) is 68.8 Å². The molecule has 0 aromatic rings. The number of ether oxygens (including phenoxy) is 1. The first-order valence-electron chi connectivity index (χ1n) is 13.7. The molecule has 2 heterocycles. The van der Waals surface area contributed by atoms with Crippen molar-refractivity contribution in [3.8, 4) is 0 Å². The van der Waals surface area contributed by atoms with E-state index >= 15 is 0 Å². The number of unbranched alkanes of at least 4 members (excludes halogenated alkanes) is 4. The van der Waals surface area contributed by atoms with Crippen molar-refractivity contribution < 1.29 is 19.3 Å². The van der Waals surface area contributed by atoms with Gasteiger partial charge in [-0.3, -0.25) is 4.79 Å². The summed E-state index contributed by atoms with van der Waals surface area (Å²) in [6, 6.07) is 0. The second-order valence-electron chi connectivity index (χ2n) is 13.6. The van der Waals surface area contributed by atoms with Crippen LogP contribution in [0.2, 0.25) is 0 Å². The number of hydrogen-bond donors (Lipinski definition) is 2. The molecule has 6 heteroatoms. The largest absolute Gasteiger partial charge is 0.462 e. The summed E-state index contributed by atoms with van der Waals surface area (Å²) in [4.78, 5) is 24.9.